The van der Waals surface area contributed by atoms with Crippen LogP contribution in [0.3, 0.4) is 0 Å². The van der Waals surface area contributed by atoms with Crippen LogP contribution in [0, 0.1) is 10.1 Å². The lowest BCUT2D eigenvalue weighted by Crippen LogP contribution is -2.20. The van der Waals surface area contributed by atoms with Gasteiger partial charge in [0.25, 0.3) is 5.69 Å². The Morgan fingerprint density at radius 2 is 1.95 bits per heavy atom. The van der Waals surface area contributed by atoms with Crippen molar-refractivity contribution in [3.8, 4) is 11.5 Å². The number of non-ortho nitro benzene ring substituents is 1. The number of rotatable bonds is 11. The molecule has 0 saturated heterocycles. The first-order chi connectivity index (χ1) is 20.0. The minimum atomic E-state index is -4.46. The lowest BCUT2D eigenvalue weighted by Gasteiger charge is -2.12. The van der Waals surface area contributed by atoms with Crippen LogP contribution in [0.15, 0.2) is 75.6 Å². The van der Waals surface area contributed by atoms with E-state index in [2.05, 4.69) is 36.8 Å². The molecule has 0 saturated carbocycles. The molecule has 0 aliphatic carbocycles. The third-order valence-electron chi connectivity index (χ3n) is 5.53. The third-order valence-corrected chi connectivity index (χ3v) is 7.02. The first kappa shape index (κ1) is 30.5. The average Bonchev–Trinajstić information content (AvgIpc) is 3.38. The largest absolute Gasteiger partial charge is 0.493 e. The number of aromatic nitrogens is 1. The van der Waals surface area contributed by atoms with E-state index in [9.17, 15) is 28.1 Å². The van der Waals surface area contributed by atoms with E-state index in [1.807, 2.05) is 0 Å². The molecule has 218 valence electrons. The second-order valence-corrected chi connectivity index (χ2v) is 10.3. The van der Waals surface area contributed by atoms with Gasteiger partial charge in [0.05, 0.1) is 35.9 Å². The van der Waals surface area contributed by atoms with Crippen LogP contribution in [0.1, 0.15) is 22.4 Å². The van der Waals surface area contributed by atoms with E-state index in [0.717, 1.165) is 23.5 Å². The van der Waals surface area contributed by atoms with Gasteiger partial charge in [0.1, 0.15) is 6.61 Å². The van der Waals surface area contributed by atoms with E-state index in [4.69, 9.17) is 9.47 Å². The smallest absolute Gasteiger partial charge is 0.416 e. The molecule has 0 bridgehead atoms. The molecule has 0 aliphatic heterocycles. The summed E-state index contributed by atoms with van der Waals surface area (Å²) in [4.78, 5) is 27.1. The number of nitrogens with zero attached hydrogens (tertiary/aromatic N) is 3. The van der Waals surface area contributed by atoms with Gasteiger partial charge < -0.3 is 14.8 Å². The Labute approximate surface area is 249 Å². The first-order valence-corrected chi connectivity index (χ1v) is 13.6. The monoisotopic (exact) mass is 663 g/mol. The fourth-order valence-corrected chi connectivity index (χ4v) is 4.72. The Morgan fingerprint density at radius 1 is 1.17 bits per heavy atom. The zero-order chi connectivity index (χ0) is 30.3. The van der Waals surface area contributed by atoms with Crippen LogP contribution in [-0.4, -0.2) is 29.1 Å². The molecule has 10 nitrogen and oxygen atoms in total. The summed E-state index contributed by atoms with van der Waals surface area (Å²) in [5.41, 5.74) is 3.39. The number of hydrazone groups is 1. The maximum atomic E-state index is 12.9. The van der Waals surface area contributed by atoms with Crippen molar-refractivity contribution in [3.05, 3.63) is 103 Å². The van der Waals surface area contributed by atoms with Gasteiger partial charge in [-0.3, -0.25) is 14.9 Å². The summed E-state index contributed by atoms with van der Waals surface area (Å²) in [7, 11) is 1.45. The summed E-state index contributed by atoms with van der Waals surface area (Å²) >= 11 is 4.58. The maximum Gasteiger partial charge on any atom is 0.416 e. The topological polar surface area (TPSA) is 128 Å². The van der Waals surface area contributed by atoms with Crippen LogP contribution in [0.4, 0.5) is 29.7 Å². The molecule has 0 fully saturated rings. The quantitative estimate of drug-likeness (QED) is 0.102. The van der Waals surface area contributed by atoms with Crippen molar-refractivity contribution < 1.29 is 32.4 Å². The number of anilines is 2. The van der Waals surface area contributed by atoms with Crippen LogP contribution < -0.4 is 20.2 Å². The number of hydrogen-bond donors (Lipinski definition) is 2. The number of benzene rings is 3. The first-order valence-electron chi connectivity index (χ1n) is 12.0. The second-order valence-electron chi connectivity index (χ2n) is 8.56. The summed E-state index contributed by atoms with van der Waals surface area (Å²) in [5.74, 6) is 0.303. The number of halogens is 4. The Kier molecular flexibility index (Phi) is 9.75. The summed E-state index contributed by atoms with van der Waals surface area (Å²) in [6, 6.07) is 14.1. The molecule has 2 N–H and O–H groups in total. The SMILES string of the molecule is COc1cc(/C=N\NC(=O)Cc2csc(Nc3cccc(C(F)(F)F)c3)n2)c(Br)cc1OCc1cccc([N+](=O)[O-])c1. The second kappa shape index (κ2) is 13.4. The average molecular weight is 664 g/mol. The molecule has 15 heteroatoms. The van der Waals surface area contributed by atoms with Crippen molar-refractivity contribution in [1.29, 1.82) is 0 Å². The summed E-state index contributed by atoms with van der Waals surface area (Å²) in [6.45, 7) is 0.0712. The predicted octanol–water partition coefficient (Wildman–Crippen LogP) is 6.86. The van der Waals surface area contributed by atoms with Gasteiger partial charge >= 0.3 is 6.18 Å². The highest BCUT2D eigenvalue weighted by Gasteiger charge is 2.30. The zero-order valence-corrected chi connectivity index (χ0v) is 24.0. The van der Waals surface area contributed by atoms with Gasteiger partial charge in [-0.1, -0.05) is 18.2 Å². The molecule has 0 aliphatic rings. The van der Waals surface area contributed by atoms with E-state index >= 15 is 0 Å². The number of amides is 1. The van der Waals surface area contributed by atoms with Crippen LogP contribution in [0.2, 0.25) is 0 Å². The molecule has 42 heavy (non-hydrogen) atoms. The number of nitrogens with one attached hydrogen (secondary N) is 2. The third kappa shape index (κ3) is 8.27. The highest BCUT2D eigenvalue weighted by Crippen LogP contribution is 2.34. The highest BCUT2D eigenvalue weighted by molar-refractivity contribution is 9.10. The number of methoxy groups -OCH3 is 1. The maximum absolute atomic E-state index is 12.9. The Bertz CT molecular complexity index is 1630. The Hall–Kier alpha value is -4.50. The van der Waals surface area contributed by atoms with Crippen LogP contribution in [-0.2, 0) is 24.0 Å². The van der Waals surface area contributed by atoms with E-state index in [1.54, 1.807) is 29.6 Å². The number of ether oxygens (including phenoxy) is 2. The normalized spacial score (nSPS) is 11.4. The molecule has 4 rings (SSSR count). The summed E-state index contributed by atoms with van der Waals surface area (Å²) in [5, 5.41) is 19.7. The van der Waals surface area contributed by atoms with Crippen molar-refractivity contribution in [2.75, 3.05) is 12.4 Å². The van der Waals surface area contributed by atoms with Gasteiger partial charge in [-0.2, -0.15) is 18.3 Å². The minimum absolute atomic E-state index is 0.0418. The number of nitro groups is 1. The molecule has 4 aromatic rings. The Morgan fingerprint density at radius 3 is 2.69 bits per heavy atom. The highest BCUT2D eigenvalue weighted by atomic mass is 79.9. The van der Waals surface area contributed by atoms with Crippen LogP contribution in [0.25, 0.3) is 0 Å². The molecule has 0 radical (unpaired) electrons. The summed E-state index contributed by atoms with van der Waals surface area (Å²) < 4.78 is 50.6. The van der Waals surface area contributed by atoms with E-state index in [0.29, 0.717) is 37.9 Å². The molecule has 0 atom stereocenters. The molecule has 1 aromatic heterocycles. The molecule has 1 amide bonds. The number of nitro benzene ring substituents is 1. The molecule has 0 unspecified atom stereocenters. The van der Waals surface area contributed by atoms with Gasteiger partial charge in [0.2, 0.25) is 5.91 Å². The molecular formula is C27H21BrF3N5O5S. The number of alkyl halides is 3. The van der Waals surface area contributed by atoms with E-state index in [-0.39, 0.29) is 24.4 Å². The van der Waals surface area contributed by atoms with Gasteiger partial charge in [-0.05, 0) is 51.8 Å². The lowest BCUT2D eigenvalue weighted by atomic mass is 10.2. The number of carbonyl (C=O) groups is 1. The fourth-order valence-electron chi connectivity index (χ4n) is 3.56. The van der Waals surface area contributed by atoms with Crippen LogP contribution >= 0.6 is 27.3 Å². The van der Waals surface area contributed by atoms with Crippen LogP contribution in [0.5, 0.6) is 11.5 Å². The van der Waals surface area contributed by atoms with Crippen molar-refractivity contribution in [1.82, 2.24) is 10.4 Å². The minimum Gasteiger partial charge on any atom is -0.493 e. The van der Waals surface area contributed by atoms with Gasteiger partial charge in [-0.25, -0.2) is 10.4 Å². The van der Waals surface area contributed by atoms with Gasteiger partial charge in [0.15, 0.2) is 16.6 Å². The van der Waals surface area contributed by atoms with Crippen molar-refractivity contribution in [3.63, 3.8) is 0 Å². The number of thiazole rings is 1. The predicted molar refractivity (Wildman–Crippen MR) is 154 cm³/mol. The van der Waals surface area contributed by atoms with Gasteiger partial charge in [-0.15, -0.1) is 11.3 Å². The molecule has 3 aromatic carbocycles. The molecule has 1 heterocycles. The summed E-state index contributed by atoms with van der Waals surface area (Å²) in [6.07, 6.45) is -3.17. The Balaban J connectivity index is 1.33. The van der Waals surface area contributed by atoms with Crippen molar-refractivity contribution in [2.24, 2.45) is 5.10 Å². The van der Waals surface area contributed by atoms with Crippen molar-refractivity contribution in [2.45, 2.75) is 19.2 Å². The molecular weight excluding hydrogens is 643 g/mol. The zero-order valence-electron chi connectivity index (χ0n) is 21.6. The van der Waals surface area contributed by atoms with Crippen molar-refractivity contribution >= 4 is 55.9 Å². The fraction of sp³-hybridized carbons (Fsp3) is 0.148. The van der Waals surface area contributed by atoms with Gasteiger partial charge in [0, 0.05) is 33.2 Å². The standard InChI is InChI=1S/C27H21BrF3N5O5S/c1-40-23-9-17(22(28)12-24(23)41-14-16-4-2-7-21(8-16)36(38)39)13-32-35-25(37)11-20-15-42-26(34-20)33-19-6-3-5-18(10-19)27(29,30)31/h2-10,12-13,15H,11,14H2,1H3,(H,33,34)(H,35,37)/b32-13-. The molecule has 0 spiro atoms. The lowest BCUT2D eigenvalue weighted by molar-refractivity contribution is -0.384. The number of carbonyl (C=O) groups excluding carboxylic acids is 1. The van der Waals surface area contributed by atoms with E-state index in [1.165, 1.54) is 37.6 Å². The van der Waals surface area contributed by atoms with E-state index < -0.39 is 22.6 Å². The number of hydrogen-bond acceptors (Lipinski definition) is 9.